The van der Waals surface area contributed by atoms with E-state index >= 15 is 0 Å². The van der Waals surface area contributed by atoms with Crippen molar-refractivity contribution in [2.45, 2.75) is 25.8 Å². The minimum absolute atomic E-state index is 0.479. The van der Waals surface area contributed by atoms with Crippen LogP contribution in [0.2, 0.25) is 0 Å². The van der Waals surface area contributed by atoms with Crippen LogP contribution in [-0.2, 0) is 0 Å². The summed E-state index contributed by atoms with van der Waals surface area (Å²) in [5, 5.41) is 0. The maximum absolute atomic E-state index is 5.81. The first-order chi connectivity index (χ1) is 8.27. The Morgan fingerprint density at radius 1 is 1.29 bits per heavy atom. The average molecular weight is 229 g/mol. The summed E-state index contributed by atoms with van der Waals surface area (Å²) in [6.45, 7) is 2.35. The molecule has 2 aromatic rings. The maximum atomic E-state index is 5.81. The number of fused-ring (bicyclic) bond motifs is 2. The van der Waals surface area contributed by atoms with Crippen molar-refractivity contribution in [1.82, 2.24) is 19.5 Å². The van der Waals surface area contributed by atoms with E-state index in [0.717, 1.165) is 28.9 Å². The summed E-state index contributed by atoms with van der Waals surface area (Å²) in [6.07, 6.45) is 6.12. The number of nitrogen functional groups attached to an aromatic ring is 1. The van der Waals surface area contributed by atoms with Gasteiger partial charge < -0.3 is 10.3 Å². The zero-order valence-electron chi connectivity index (χ0n) is 9.74. The maximum Gasteiger partial charge on any atom is 0.165 e. The van der Waals surface area contributed by atoms with Crippen molar-refractivity contribution in [1.29, 1.82) is 0 Å². The van der Waals surface area contributed by atoms with Crippen molar-refractivity contribution in [2.75, 3.05) is 5.73 Å². The molecular formula is C12H15N5. The molecule has 2 N–H and O–H groups in total. The third-order valence-electron chi connectivity index (χ3n) is 4.51. The molecule has 0 aromatic carbocycles. The third-order valence-corrected chi connectivity index (χ3v) is 4.51. The molecule has 0 spiro atoms. The van der Waals surface area contributed by atoms with Crippen LogP contribution in [0.5, 0.6) is 0 Å². The molecule has 2 aliphatic carbocycles. The number of aromatic nitrogens is 4. The summed E-state index contributed by atoms with van der Waals surface area (Å²) >= 11 is 0. The van der Waals surface area contributed by atoms with E-state index in [4.69, 9.17) is 5.73 Å². The van der Waals surface area contributed by atoms with Crippen LogP contribution < -0.4 is 5.73 Å². The minimum Gasteiger partial charge on any atom is -0.382 e. The third kappa shape index (κ3) is 1.11. The molecule has 4 atom stereocenters. The van der Waals surface area contributed by atoms with Crippen molar-refractivity contribution in [3.05, 3.63) is 12.7 Å². The second-order valence-electron chi connectivity index (χ2n) is 5.37. The Kier molecular flexibility index (Phi) is 1.64. The molecule has 2 saturated carbocycles. The topological polar surface area (TPSA) is 69.6 Å². The van der Waals surface area contributed by atoms with Gasteiger partial charge in [0.15, 0.2) is 11.5 Å². The Hall–Kier alpha value is -1.65. The Morgan fingerprint density at radius 3 is 2.94 bits per heavy atom. The van der Waals surface area contributed by atoms with E-state index in [1.165, 1.54) is 19.2 Å². The molecule has 0 radical (unpaired) electrons. The van der Waals surface area contributed by atoms with Gasteiger partial charge in [-0.05, 0) is 24.2 Å². The predicted octanol–water partition coefficient (Wildman–Crippen LogP) is 1.63. The van der Waals surface area contributed by atoms with E-state index in [1.807, 2.05) is 6.33 Å². The van der Waals surface area contributed by atoms with Gasteiger partial charge >= 0.3 is 0 Å². The number of hydrogen-bond acceptors (Lipinski definition) is 4. The van der Waals surface area contributed by atoms with Crippen LogP contribution in [0, 0.1) is 17.8 Å². The lowest BCUT2D eigenvalue weighted by Crippen LogP contribution is -2.04. The van der Waals surface area contributed by atoms with Gasteiger partial charge in [-0.2, -0.15) is 0 Å². The first-order valence-corrected chi connectivity index (χ1v) is 6.20. The average Bonchev–Trinajstić information content (AvgIpc) is 2.68. The van der Waals surface area contributed by atoms with Crippen molar-refractivity contribution in [2.24, 2.45) is 17.8 Å². The highest BCUT2D eigenvalue weighted by molar-refractivity contribution is 5.81. The lowest BCUT2D eigenvalue weighted by Gasteiger charge is -2.09. The first-order valence-electron chi connectivity index (χ1n) is 6.20. The van der Waals surface area contributed by atoms with Crippen LogP contribution in [0.3, 0.4) is 0 Å². The first kappa shape index (κ1) is 9.39. The van der Waals surface area contributed by atoms with Gasteiger partial charge in [0.05, 0.1) is 6.33 Å². The number of hydrogen-bond donors (Lipinski definition) is 1. The van der Waals surface area contributed by atoms with Gasteiger partial charge in [0.1, 0.15) is 11.8 Å². The molecule has 2 aliphatic rings. The molecule has 2 heterocycles. The molecule has 0 amide bonds. The van der Waals surface area contributed by atoms with Crippen LogP contribution in [0.25, 0.3) is 11.2 Å². The molecular weight excluding hydrogens is 214 g/mol. The van der Waals surface area contributed by atoms with E-state index in [-0.39, 0.29) is 0 Å². The van der Waals surface area contributed by atoms with Crippen LogP contribution in [0.1, 0.15) is 25.8 Å². The fourth-order valence-corrected chi connectivity index (χ4v) is 3.63. The summed E-state index contributed by atoms with van der Waals surface area (Å²) in [6, 6.07) is 0.595. The molecule has 2 fully saturated rings. The van der Waals surface area contributed by atoms with Crippen LogP contribution in [-0.4, -0.2) is 19.5 Å². The number of nitrogens with zero attached hydrogens (tertiary/aromatic N) is 4. The smallest absolute Gasteiger partial charge is 0.165 e. The molecule has 5 heteroatoms. The number of imidazole rings is 1. The van der Waals surface area contributed by atoms with E-state index in [0.29, 0.717) is 11.9 Å². The molecule has 0 bridgehead atoms. The highest BCUT2D eigenvalue weighted by Gasteiger charge is 2.57. The van der Waals surface area contributed by atoms with Crippen LogP contribution in [0.4, 0.5) is 5.82 Å². The Morgan fingerprint density at radius 2 is 2.18 bits per heavy atom. The van der Waals surface area contributed by atoms with E-state index < -0.39 is 0 Å². The van der Waals surface area contributed by atoms with Gasteiger partial charge in [-0.1, -0.05) is 13.3 Å². The minimum atomic E-state index is 0.479. The second kappa shape index (κ2) is 2.97. The summed E-state index contributed by atoms with van der Waals surface area (Å²) < 4.78 is 2.21. The largest absolute Gasteiger partial charge is 0.382 e. The lowest BCUT2D eigenvalue weighted by molar-refractivity contribution is 0.462. The van der Waals surface area contributed by atoms with Gasteiger partial charge in [-0.3, -0.25) is 0 Å². The Balaban J connectivity index is 1.81. The van der Waals surface area contributed by atoms with E-state index in [9.17, 15) is 0 Å². The summed E-state index contributed by atoms with van der Waals surface area (Å²) in [5.41, 5.74) is 7.44. The van der Waals surface area contributed by atoms with Crippen molar-refractivity contribution in [3.63, 3.8) is 0 Å². The molecule has 2 aromatic heterocycles. The summed E-state index contributed by atoms with van der Waals surface area (Å²) in [7, 11) is 0. The van der Waals surface area contributed by atoms with Gasteiger partial charge in [-0.15, -0.1) is 0 Å². The fourth-order valence-electron chi connectivity index (χ4n) is 3.63. The molecule has 17 heavy (non-hydrogen) atoms. The molecule has 88 valence electrons. The number of rotatable bonds is 1. The fraction of sp³-hybridized carbons (Fsp3) is 0.583. The molecule has 0 aliphatic heterocycles. The Bertz CT molecular complexity index is 590. The highest BCUT2D eigenvalue weighted by Crippen LogP contribution is 2.63. The zero-order valence-corrected chi connectivity index (χ0v) is 9.74. The van der Waals surface area contributed by atoms with Gasteiger partial charge in [0, 0.05) is 6.04 Å². The summed E-state index contributed by atoms with van der Waals surface area (Å²) in [5.74, 6) is 2.97. The van der Waals surface area contributed by atoms with Crippen LogP contribution in [0.15, 0.2) is 12.7 Å². The Labute approximate surface area is 99.1 Å². The molecule has 4 rings (SSSR count). The van der Waals surface area contributed by atoms with Crippen molar-refractivity contribution < 1.29 is 0 Å². The molecule has 2 unspecified atom stereocenters. The number of anilines is 1. The highest BCUT2D eigenvalue weighted by atomic mass is 15.2. The van der Waals surface area contributed by atoms with Gasteiger partial charge in [0.2, 0.25) is 0 Å². The van der Waals surface area contributed by atoms with Gasteiger partial charge in [0.25, 0.3) is 0 Å². The quantitative estimate of drug-likeness (QED) is 0.806. The SMILES string of the molecule is C[C@@H]1CC[C@@H]2C1C2n1cnc2c(N)ncnc21. The normalized spacial score (nSPS) is 35.1. The van der Waals surface area contributed by atoms with E-state index in [2.05, 4.69) is 26.4 Å². The second-order valence-corrected chi connectivity index (χ2v) is 5.37. The van der Waals surface area contributed by atoms with Crippen molar-refractivity contribution >= 4 is 17.0 Å². The number of nitrogens with two attached hydrogens (primary N) is 1. The monoisotopic (exact) mass is 229 g/mol. The molecule has 5 nitrogen and oxygen atoms in total. The summed E-state index contributed by atoms with van der Waals surface area (Å²) in [4.78, 5) is 12.6. The van der Waals surface area contributed by atoms with Crippen molar-refractivity contribution in [3.8, 4) is 0 Å². The predicted molar refractivity (Wildman–Crippen MR) is 64.2 cm³/mol. The lowest BCUT2D eigenvalue weighted by atomic mass is 10.1. The van der Waals surface area contributed by atoms with Crippen LogP contribution >= 0.6 is 0 Å². The zero-order chi connectivity index (χ0) is 11.6. The molecule has 0 saturated heterocycles. The standard InChI is InChI=1S/C12H15N5/c1-6-2-3-7-8(6)10(7)17-5-16-9-11(13)14-4-15-12(9)17/h4-8,10H,2-3H2,1H3,(H2,13,14,15)/t6-,7-,8?,10?/m1/s1. The van der Waals surface area contributed by atoms with E-state index in [1.54, 1.807) is 0 Å². The van der Waals surface area contributed by atoms with Gasteiger partial charge in [-0.25, -0.2) is 15.0 Å².